The van der Waals surface area contributed by atoms with Crippen molar-refractivity contribution < 1.29 is 9.15 Å². The van der Waals surface area contributed by atoms with E-state index in [0.717, 1.165) is 12.8 Å². The van der Waals surface area contributed by atoms with E-state index in [9.17, 15) is 4.79 Å². The van der Waals surface area contributed by atoms with Gasteiger partial charge in [-0.25, -0.2) is 4.79 Å². The number of methoxy groups -OCH3 is 1. The van der Waals surface area contributed by atoms with E-state index in [2.05, 4.69) is 24.3 Å². The monoisotopic (exact) mass is 350 g/mol. The van der Waals surface area contributed by atoms with Gasteiger partial charge in [0, 0.05) is 6.07 Å². The number of ether oxygens (including phenoxy) is 1. The van der Waals surface area contributed by atoms with Crippen LogP contribution in [0.25, 0.3) is 6.08 Å². The van der Waals surface area contributed by atoms with Gasteiger partial charge in [-0.15, -0.1) is 0 Å². The van der Waals surface area contributed by atoms with Crippen LogP contribution in [0.4, 0.5) is 0 Å². The first kappa shape index (κ1) is 21.0. The highest BCUT2D eigenvalue weighted by Crippen LogP contribution is 2.10. The van der Waals surface area contributed by atoms with Crippen LogP contribution >= 0.6 is 0 Å². The lowest BCUT2D eigenvalue weighted by Crippen LogP contribution is -1.98. The summed E-state index contributed by atoms with van der Waals surface area (Å²) in [4.78, 5) is 11.3. The van der Waals surface area contributed by atoms with Gasteiger partial charge in [0.25, 0.3) is 0 Å². The van der Waals surface area contributed by atoms with E-state index in [1.54, 1.807) is 18.2 Å². The van der Waals surface area contributed by atoms with E-state index in [0.29, 0.717) is 11.5 Å². The van der Waals surface area contributed by atoms with E-state index >= 15 is 0 Å². The van der Waals surface area contributed by atoms with Crippen LogP contribution < -0.4 is 10.4 Å². The maximum Gasteiger partial charge on any atom is 0.339 e. The second kappa shape index (κ2) is 14.3. The Labute approximate surface area is 155 Å². The van der Waals surface area contributed by atoms with Crippen molar-refractivity contribution >= 4 is 6.08 Å². The molecule has 0 aromatic carbocycles. The fourth-order valence-corrected chi connectivity index (χ4v) is 1.87. The van der Waals surface area contributed by atoms with Gasteiger partial charge in [-0.2, -0.15) is 0 Å². The Kier molecular flexibility index (Phi) is 11.5. The summed E-state index contributed by atoms with van der Waals surface area (Å²) in [5, 5.41) is 0. The molecule has 1 rings (SSSR count). The molecule has 0 fully saturated rings. The number of rotatable bonds is 10. The third-order valence-corrected chi connectivity index (χ3v) is 3.13. The highest BCUT2D eigenvalue weighted by molar-refractivity contribution is 5.47. The molecule has 0 radical (unpaired) electrons. The molecule has 0 saturated carbocycles. The largest absolute Gasteiger partial charge is 0.496 e. The van der Waals surface area contributed by atoms with Crippen molar-refractivity contribution in [1.82, 2.24) is 0 Å². The van der Waals surface area contributed by atoms with Crippen LogP contribution in [0.15, 0.2) is 100 Å². The van der Waals surface area contributed by atoms with Crippen molar-refractivity contribution in [3.8, 4) is 5.75 Å². The Bertz CT molecular complexity index is 769. The molecule has 0 amide bonds. The van der Waals surface area contributed by atoms with Crippen LogP contribution in [0.1, 0.15) is 25.5 Å². The van der Waals surface area contributed by atoms with Gasteiger partial charge in [0.1, 0.15) is 11.5 Å². The average Bonchev–Trinajstić information content (AvgIpc) is 2.64. The van der Waals surface area contributed by atoms with Gasteiger partial charge < -0.3 is 9.15 Å². The summed E-state index contributed by atoms with van der Waals surface area (Å²) >= 11 is 0. The van der Waals surface area contributed by atoms with E-state index in [-0.39, 0.29) is 0 Å². The summed E-state index contributed by atoms with van der Waals surface area (Å²) in [6.07, 6.45) is 29.6. The lowest BCUT2D eigenvalue weighted by molar-refractivity contribution is 0.400. The minimum atomic E-state index is -0.432. The topological polar surface area (TPSA) is 39.4 Å². The van der Waals surface area contributed by atoms with Gasteiger partial charge in [0.05, 0.1) is 13.2 Å². The summed E-state index contributed by atoms with van der Waals surface area (Å²) in [5.41, 5.74) is -0.432. The third kappa shape index (κ3) is 10.7. The van der Waals surface area contributed by atoms with Crippen molar-refractivity contribution in [2.24, 2.45) is 0 Å². The fourth-order valence-electron chi connectivity index (χ4n) is 1.87. The Hall–Kier alpha value is -3.07. The van der Waals surface area contributed by atoms with Crippen LogP contribution in [0.2, 0.25) is 0 Å². The number of allylic oxidation sites excluding steroid dienone is 13. The highest BCUT2D eigenvalue weighted by Gasteiger charge is 1.97. The Morgan fingerprint density at radius 3 is 2.04 bits per heavy atom. The molecule has 136 valence electrons. The molecule has 0 bridgehead atoms. The van der Waals surface area contributed by atoms with Gasteiger partial charge >= 0.3 is 5.63 Å². The van der Waals surface area contributed by atoms with Crippen LogP contribution in [0.5, 0.6) is 5.75 Å². The van der Waals surface area contributed by atoms with Crippen LogP contribution in [-0.4, -0.2) is 7.11 Å². The first-order chi connectivity index (χ1) is 12.8. The minimum Gasteiger partial charge on any atom is -0.496 e. The standard InChI is InChI=1S/C23H26O3/c1-3-4-5-6-7-8-9-10-11-12-13-14-15-16-17-18-21-19-22(25-2)20-23(24)26-21/h3-4,7-20H,5-6H2,1-2H3. The van der Waals surface area contributed by atoms with Crippen LogP contribution in [-0.2, 0) is 0 Å². The first-order valence-corrected chi connectivity index (χ1v) is 8.56. The molecule has 26 heavy (non-hydrogen) atoms. The Morgan fingerprint density at radius 2 is 1.42 bits per heavy atom. The summed E-state index contributed by atoms with van der Waals surface area (Å²) in [5.74, 6) is 0.933. The average molecular weight is 350 g/mol. The molecule has 0 saturated heterocycles. The molecule has 3 nitrogen and oxygen atoms in total. The lowest BCUT2D eigenvalue weighted by Gasteiger charge is -1.97. The minimum absolute atomic E-state index is 0.432. The molecular formula is C23H26O3. The molecule has 3 heteroatoms. The molecule has 1 aromatic heterocycles. The molecule has 0 aliphatic rings. The summed E-state index contributed by atoms with van der Waals surface area (Å²) in [6, 6.07) is 2.96. The number of unbranched alkanes of at least 4 members (excludes halogenated alkanes) is 1. The van der Waals surface area contributed by atoms with Crippen molar-refractivity contribution in [2.45, 2.75) is 19.8 Å². The number of hydrogen-bond donors (Lipinski definition) is 0. The van der Waals surface area contributed by atoms with Crippen molar-refractivity contribution in [3.63, 3.8) is 0 Å². The highest BCUT2D eigenvalue weighted by atomic mass is 16.5. The zero-order valence-corrected chi connectivity index (χ0v) is 15.4. The van der Waals surface area contributed by atoms with Gasteiger partial charge in [0.2, 0.25) is 0 Å². The molecule has 0 aliphatic heterocycles. The maximum atomic E-state index is 11.3. The molecule has 0 aliphatic carbocycles. The van der Waals surface area contributed by atoms with E-state index in [4.69, 9.17) is 9.15 Å². The van der Waals surface area contributed by atoms with Crippen molar-refractivity contribution in [2.75, 3.05) is 7.11 Å². The van der Waals surface area contributed by atoms with Gasteiger partial charge in [0.15, 0.2) is 0 Å². The first-order valence-electron chi connectivity index (χ1n) is 8.56. The predicted molar refractivity (Wildman–Crippen MR) is 110 cm³/mol. The predicted octanol–water partition coefficient (Wildman–Crippen LogP) is 5.80. The molecule has 0 atom stereocenters. The summed E-state index contributed by atoms with van der Waals surface area (Å²) in [6.45, 7) is 2.04. The zero-order chi connectivity index (χ0) is 18.9. The van der Waals surface area contributed by atoms with Gasteiger partial charge in [-0.3, -0.25) is 0 Å². The second-order valence-electron chi connectivity index (χ2n) is 5.19. The van der Waals surface area contributed by atoms with Crippen LogP contribution in [0.3, 0.4) is 0 Å². The summed E-state index contributed by atoms with van der Waals surface area (Å²) < 4.78 is 10.1. The van der Waals surface area contributed by atoms with Crippen molar-refractivity contribution in [3.05, 3.63) is 107 Å². The fraction of sp³-hybridized carbons (Fsp3) is 0.174. The number of hydrogen-bond acceptors (Lipinski definition) is 3. The third-order valence-electron chi connectivity index (χ3n) is 3.13. The Morgan fingerprint density at radius 1 is 0.846 bits per heavy atom. The molecule has 1 heterocycles. The molecule has 1 aromatic rings. The summed E-state index contributed by atoms with van der Waals surface area (Å²) in [7, 11) is 1.51. The molecule has 0 N–H and O–H groups in total. The van der Waals surface area contributed by atoms with Gasteiger partial charge in [-0.05, 0) is 25.8 Å². The maximum absolute atomic E-state index is 11.3. The lowest BCUT2D eigenvalue weighted by atomic mass is 10.2. The molecule has 0 spiro atoms. The SMILES string of the molecule is CC=CCCC=CC=CC=CC=CC=CC=Cc1cc(OC)cc(=O)o1. The molecule has 0 unspecified atom stereocenters. The smallest absolute Gasteiger partial charge is 0.339 e. The van der Waals surface area contributed by atoms with Crippen LogP contribution in [0, 0.1) is 0 Å². The Balaban J connectivity index is 2.33. The van der Waals surface area contributed by atoms with Crippen molar-refractivity contribution in [1.29, 1.82) is 0 Å². The van der Waals surface area contributed by atoms with E-state index in [1.165, 1.54) is 13.2 Å². The van der Waals surface area contributed by atoms with Gasteiger partial charge in [-0.1, -0.05) is 79.0 Å². The zero-order valence-electron chi connectivity index (χ0n) is 15.4. The second-order valence-corrected chi connectivity index (χ2v) is 5.19. The quantitative estimate of drug-likeness (QED) is 0.304. The normalized spacial score (nSPS) is 13.2. The van der Waals surface area contributed by atoms with E-state index in [1.807, 2.05) is 55.5 Å². The molecular weight excluding hydrogens is 324 g/mol. The van der Waals surface area contributed by atoms with E-state index < -0.39 is 5.63 Å².